The minimum atomic E-state index is 0.310. The number of rotatable bonds is 5. The van der Waals surface area contributed by atoms with Crippen LogP contribution in [-0.4, -0.2) is 16.8 Å². The Labute approximate surface area is 123 Å². The molecule has 19 heavy (non-hydrogen) atoms. The van der Waals surface area contributed by atoms with Crippen LogP contribution in [0.15, 0.2) is 34.9 Å². The largest absolute Gasteiger partial charge is 0.313 e. The smallest absolute Gasteiger partial charge is 0.0669 e. The normalized spacial score (nSPS) is 12.6. The summed E-state index contributed by atoms with van der Waals surface area (Å²) < 4.78 is 3.02. The molecule has 1 aromatic carbocycles. The van der Waals surface area contributed by atoms with Gasteiger partial charge < -0.3 is 5.32 Å². The van der Waals surface area contributed by atoms with Crippen LogP contribution in [0, 0.1) is 0 Å². The summed E-state index contributed by atoms with van der Waals surface area (Å²) in [6.07, 6.45) is 4.07. The number of hydrogen-bond donors (Lipinski definition) is 1. The molecule has 0 spiro atoms. The van der Waals surface area contributed by atoms with Gasteiger partial charge in [0.15, 0.2) is 0 Å². The highest BCUT2D eigenvalue weighted by molar-refractivity contribution is 9.10. The minimum absolute atomic E-state index is 0.310. The third-order valence-electron chi connectivity index (χ3n) is 3.35. The lowest BCUT2D eigenvalue weighted by Gasteiger charge is -2.16. The Balaban J connectivity index is 2.22. The zero-order valence-electron chi connectivity index (χ0n) is 11.7. The molecule has 1 aromatic heterocycles. The molecule has 0 aliphatic carbocycles. The van der Waals surface area contributed by atoms with Crippen LogP contribution in [0.2, 0.25) is 0 Å². The standard InChI is InChI=1S/C15H20BrN3/c1-4-14-13(10-19(3)18-14)15(17-2)9-11-5-7-12(16)8-6-11/h5-8,10,15,17H,4,9H2,1-3H3. The van der Waals surface area contributed by atoms with E-state index in [0.29, 0.717) is 6.04 Å². The molecule has 0 fully saturated rings. The van der Waals surface area contributed by atoms with E-state index < -0.39 is 0 Å². The summed E-state index contributed by atoms with van der Waals surface area (Å²) in [5.74, 6) is 0. The molecule has 0 aliphatic heterocycles. The molecule has 2 aromatic rings. The summed E-state index contributed by atoms with van der Waals surface area (Å²) in [7, 11) is 3.99. The monoisotopic (exact) mass is 321 g/mol. The first-order valence-corrected chi connectivity index (χ1v) is 7.37. The van der Waals surface area contributed by atoms with E-state index in [0.717, 1.165) is 17.3 Å². The van der Waals surface area contributed by atoms with Crippen molar-refractivity contribution in [2.75, 3.05) is 7.05 Å². The Morgan fingerprint density at radius 1 is 1.32 bits per heavy atom. The van der Waals surface area contributed by atoms with Crippen molar-refractivity contribution >= 4 is 15.9 Å². The zero-order chi connectivity index (χ0) is 13.8. The predicted octanol–water partition coefficient (Wildman–Crippen LogP) is 3.25. The van der Waals surface area contributed by atoms with Crippen LogP contribution in [-0.2, 0) is 19.9 Å². The second kappa shape index (κ2) is 6.35. The van der Waals surface area contributed by atoms with E-state index in [4.69, 9.17) is 0 Å². The van der Waals surface area contributed by atoms with E-state index in [1.54, 1.807) is 0 Å². The third kappa shape index (κ3) is 3.45. The van der Waals surface area contributed by atoms with Crippen molar-refractivity contribution in [3.05, 3.63) is 51.8 Å². The summed E-state index contributed by atoms with van der Waals surface area (Å²) in [4.78, 5) is 0. The summed E-state index contributed by atoms with van der Waals surface area (Å²) >= 11 is 3.47. The predicted molar refractivity (Wildman–Crippen MR) is 82.2 cm³/mol. The fourth-order valence-corrected chi connectivity index (χ4v) is 2.61. The Morgan fingerprint density at radius 2 is 2.00 bits per heavy atom. The number of hydrogen-bond acceptors (Lipinski definition) is 2. The van der Waals surface area contributed by atoms with Gasteiger partial charge in [-0.05, 0) is 37.6 Å². The van der Waals surface area contributed by atoms with Crippen molar-refractivity contribution in [2.24, 2.45) is 7.05 Å². The van der Waals surface area contributed by atoms with Crippen molar-refractivity contribution in [3.63, 3.8) is 0 Å². The molecule has 0 saturated carbocycles. The number of nitrogens with one attached hydrogen (secondary N) is 1. The van der Waals surface area contributed by atoms with Gasteiger partial charge in [-0.25, -0.2) is 0 Å². The number of likely N-dealkylation sites (N-methyl/N-ethyl adjacent to an activating group) is 1. The van der Waals surface area contributed by atoms with E-state index in [1.165, 1.54) is 16.8 Å². The van der Waals surface area contributed by atoms with Gasteiger partial charge in [0.05, 0.1) is 5.69 Å². The van der Waals surface area contributed by atoms with Gasteiger partial charge in [0, 0.05) is 29.3 Å². The number of aromatic nitrogens is 2. The van der Waals surface area contributed by atoms with E-state index in [-0.39, 0.29) is 0 Å². The third-order valence-corrected chi connectivity index (χ3v) is 3.88. The minimum Gasteiger partial charge on any atom is -0.313 e. The highest BCUT2D eigenvalue weighted by Gasteiger charge is 2.16. The van der Waals surface area contributed by atoms with Gasteiger partial charge in [-0.2, -0.15) is 5.10 Å². The summed E-state index contributed by atoms with van der Waals surface area (Å²) in [6.45, 7) is 2.15. The molecule has 1 N–H and O–H groups in total. The quantitative estimate of drug-likeness (QED) is 0.916. The molecule has 0 radical (unpaired) electrons. The maximum Gasteiger partial charge on any atom is 0.0669 e. The second-order valence-electron chi connectivity index (χ2n) is 4.73. The average molecular weight is 322 g/mol. The Hall–Kier alpha value is -1.13. The highest BCUT2D eigenvalue weighted by atomic mass is 79.9. The SMILES string of the molecule is CCc1nn(C)cc1C(Cc1ccc(Br)cc1)NC. The topological polar surface area (TPSA) is 29.9 Å². The van der Waals surface area contributed by atoms with E-state index in [9.17, 15) is 0 Å². The van der Waals surface area contributed by atoms with Crippen LogP contribution < -0.4 is 5.32 Å². The van der Waals surface area contributed by atoms with Crippen LogP contribution in [0.3, 0.4) is 0 Å². The molecule has 1 unspecified atom stereocenters. The summed E-state index contributed by atoms with van der Waals surface area (Å²) in [5.41, 5.74) is 3.81. The second-order valence-corrected chi connectivity index (χ2v) is 5.65. The lowest BCUT2D eigenvalue weighted by atomic mass is 9.99. The molecule has 1 heterocycles. The van der Waals surface area contributed by atoms with E-state index in [2.05, 4.69) is 63.7 Å². The van der Waals surface area contributed by atoms with Gasteiger partial charge in [-0.3, -0.25) is 4.68 Å². The van der Waals surface area contributed by atoms with Gasteiger partial charge in [-0.15, -0.1) is 0 Å². The number of nitrogens with zero attached hydrogens (tertiary/aromatic N) is 2. The van der Waals surface area contributed by atoms with Crippen LogP contribution in [0.5, 0.6) is 0 Å². The molecule has 3 nitrogen and oxygen atoms in total. The van der Waals surface area contributed by atoms with Gasteiger partial charge >= 0.3 is 0 Å². The maximum atomic E-state index is 4.52. The lowest BCUT2D eigenvalue weighted by molar-refractivity contribution is 0.586. The van der Waals surface area contributed by atoms with Crippen molar-refractivity contribution in [1.82, 2.24) is 15.1 Å². The molecule has 102 valence electrons. The van der Waals surface area contributed by atoms with Crippen molar-refractivity contribution < 1.29 is 0 Å². The van der Waals surface area contributed by atoms with E-state index in [1.807, 2.05) is 18.8 Å². The summed E-state index contributed by atoms with van der Waals surface area (Å²) in [5, 5.41) is 7.93. The molecular formula is C15H20BrN3. The molecule has 0 bridgehead atoms. The van der Waals surface area contributed by atoms with Crippen molar-refractivity contribution in [1.29, 1.82) is 0 Å². The molecule has 0 aliphatic rings. The Kier molecular flexibility index (Phi) is 4.77. The van der Waals surface area contributed by atoms with E-state index >= 15 is 0 Å². The van der Waals surface area contributed by atoms with Gasteiger partial charge in [0.1, 0.15) is 0 Å². The fraction of sp³-hybridized carbons (Fsp3) is 0.400. The molecule has 1 atom stereocenters. The number of aryl methyl sites for hydroxylation is 2. The first-order chi connectivity index (χ1) is 9.13. The summed E-state index contributed by atoms with van der Waals surface area (Å²) in [6, 6.07) is 8.81. The molecule has 4 heteroatoms. The average Bonchev–Trinajstić information content (AvgIpc) is 2.79. The van der Waals surface area contributed by atoms with Gasteiger partial charge in [0.25, 0.3) is 0 Å². The van der Waals surface area contributed by atoms with Crippen LogP contribution in [0.1, 0.15) is 29.8 Å². The van der Waals surface area contributed by atoms with Crippen molar-refractivity contribution in [2.45, 2.75) is 25.8 Å². The molecule has 0 amide bonds. The molecule has 2 rings (SSSR count). The molecular weight excluding hydrogens is 302 g/mol. The first-order valence-electron chi connectivity index (χ1n) is 6.58. The van der Waals surface area contributed by atoms with Crippen LogP contribution >= 0.6 is 15.9 Å². The molecule has 0 saturated heterocycles. The highest BCUT2D eigenvalue weighted by Crippen LogP contribution is 2.22. The number of benzene rings is 1. The lowest BCUT2D eigenvalue weighted by Crippen LogP contribution is -2.19. The number of halogens is 1. The van der Waals surface area contributed by atoms with Crippen LogP contribution in [0.4, 0.5) is 0 Å². The van der Waals surface area contributed by atoms with Crippen LogP contribution in [0.25, 0.3) is 0 Å². The fourth-order valence-electron chi connectivity index (χ4n) is 2.34. The zero-order valence-corrected chi connectivity index (χ0v) is 13.2. The van der Waals surface area contributed by atoms with Crippen molar-refractivity contribution in [3.8, 4) is 0 Å². The Morgan fingerprint density at radius 3 is 2.58 bits per heavy atom. The Bertz CT molecular complexity index is 531. The van der Waals surface area contributed by atoms with Gasteiger partial charge in [-0.1, -0.05) is 35.0 Å². The van der Waals surface area contributed by atoms with Gasteiger partial charge in [0.2, 0.25) is 0 Å². The first kappa shape index (κ1) is 14.3. The maximum absolute atomic E-state index is 4.52.